The van der Waals surface area contributed by atoms with Gasteiger partial charge in [-0.25, -0.2) is 0 Å². The fraction of sp³-hybridized carbons (Fsp3) is 0.0769. The third kappa shape index (κ3) is 1.22. The predicted octanol–water partition coefficient (Wildman–Crippen LogP) is 3.06. The topological polar surface area (TPSA) is 32.3 Å². The average Bonchev–Trinajstić information content (AvgIpc) is 2.66. The van der Waals surface area contributed by atoms with E-state index in [4.69, 9.17) is 5.21 Å². The molecule has 1 aliphatic rings. The van der Waals surface area contributed by atoms with E-state index in [0.717, 1.165) is 12.1 Å². The van der Waals surface area contributed by atoms with Crippen molar-refractivity contribution < 1.29 is 5.21 Å². The summed E-state index contributed by atoms with van der Waals surface area (Å²) < 4.78 is 0. The minimum Gasteiger partial charge on any atom is -0.291 e. The fourth-order valence-corrected chi connectivity index (χ4v) is 2.19. The highest BCUT2D eigenvalue weighted by atomic mass is 16.5. The average molecular weight is 197 g/mol. The first-order chi connectivity index (χ1) is 7.38. The first kappa shape index (κ1) is 8.50. The molecule has 0 amide bonds. The maximum Gasteiger partial charge on any atom is 0.0608 e. The Hall–Kier alpha value is -1.80. The maximum absolute atomic E-state index is 8.87. The van der Waals surface area contributed by atoms with Crippen LogP contribution in [0.4, 0.5) is 5.69 Å². The van der Waals surface area contributed by atoms with Gasteiger partial charge in [-0.05, 0) is 40.8 Å². The zero-order valence-electron chi connectivity index (χ0n) is 8.20. The van der Waals surface area contributed by atoms with Crippen LogP contribution in [-0.4, -0.2) is 5.21 Å². The number of fused-ring (bicyclic) bond motifs is 3. The largest absolute Gasteiger partial charge is 0.291 e. The highest BCUT2D eigenvalue weighted by Crippen LogP contribution is 2.37. The van der Waals surface area contributed by atoms with Gasteiger partial charge in [-0.3, -0.25) is 10.7 Å². The standard InChI is InChI=1S/C13H11NO/c15-14-11-6-5-10-7-9-3-1-2-4-12(9)13(10)8-11/h1-6,8,14-15H,7H2. The van der Waals surface area contributed by atoms with Gasteiger partial charge in [-0.2, -0.15) is 0 Å². The summed E-state index contributed by atoms with van der Waals surface area (Å²) >= 11 is 0. The molecule has 2 N–H and O–H groups in total. The first-order valence-corrected chi connectivity index (χ1v) is 5.00. The molecule has 15 heavy (non-hydrogen) atoms. The molecule has 0 saturated carbocycles. The van der Waals surface area contributed by atoms with Gasteiger partial charge in [-0.1, -0.05) is 30.3 Å². The minimum absolute atomic E-state index is 0.741. The lowest BCUT2D eigenvalue weighted by Crippen LogP contribution is -1.89. The van der Waals surface area contributed by atoms with Gasteiger partial charge in [0.2, 0.25) is 0 Å². The Morgan fingerprint density at radius 1 is 0.933 bits per heavy atom. The summed E-state index contributed by atoms with van der Waals surface area (Å²) in [6, 6.07) is 14.3. The third-order valence-electron chi connectivity index (χ3n) is 2.93. The molecule has 0 aliphatic heterocycles. The van der Waals surface area contributed by atoms with E-state index < -0.39 is 0 Å². The molecule has 2 heteroatoms. The molecule has 2 nitrogen and oxygen atoms in total. The zero-order valence-corrected chi connectivity index (χ0v) is 8.20. The number of hydrogen-bond donors (Lipinski definition) is 2. The van der Waals surface area contributed by atoms with Crippen molar-refractivity contribution in [1.82, 2.24) is 0 Å². The molecule has 0 saturated heterocycles. The molecule has 0 fully saturated rings. The highest BCUT2D eigenvalue weighted by Gasteiger charge is 2.17. The van der Waals surface area contributed by atoms with Crippen molar-refractivity contribution in [3.8, 4) is 11.1 Å². The number of benzene rings is 2. The quantitative estimate of drug-likeness (QED) is 0.587. The monoisotopic (exact) mass is 197 g/mol. The van der Waals surface area contributed by atoms with Gasteiger partial charge in [0.1, 0.15) is 0 Å². The van der Waals surface area contributed by atoms with Gasteiger partial charge in [-0.15, -0.1) is 0 Å². The van der Waals surface area contributed by atoms with E-state index in [-0.39, 0.29) is 0 Å². The predicted molar refractivity (Wildman–Crippen MR) is 60.1 cm³/mol. The summed E-state index contributed by atoms with van der Waals surface area (Å²) in [5.74, 6) is 0. The van der Waals surface area contributed by atoms with Crippen LogP contribution in [0.1, 0.15) is 11.1 Å². The molecule has 2 aromatic carbocycles. The lowest BCUT2D eigenvalue weighted by atomic mass is 10.1. The molecule has 0 spiro atoms. The second-order valence-electron chi connectivity index (χ2n) is 3.82. The first-order valence-electron chi connectivity index (χ1n) is 5.00. The number of hydrogen-bond acceptors (Lipinski definition) is 2. The molecule has 1 aliphatic carbocycles. The van der Waals surface area contributed by atoms with Gasteiger partial charge in [0.05, 0.1) is 5.69 Å². The summed E-state index contributed by atoms with van der Waals surface area (Å²) in [5.41, 5.74) is 8.13. The number of anilines is 1. The second kappa shape index (κ2) is 3.11. The lowest BCUT2D eigenvalue weighted by molar-refractivity contribution is 0.389. The Labute approximate surface area is 88.1 Å². The van der Waals surface area contributed by atoms with E-state index in [0.29, 0.717) is 0 Å². The smallest absolute Gasteiger partial charge is 0.0608 e. The van der Waals surface area contributed by atoms with Gasteiger partial charge in [0.25, 0.3) is 0 Å². The lowest BCUT2D eigenvalue weighted by Gasteiger charge is -2.03. The van der Waals surface area contributed by atoms with Crippen molar-refractivity contribution in [3.63, 3.8) is 0 Å². The molecule has 0 radical (unpaired) electrons. The second-order valence-corrected chi connectivity index (χ2v) is 3.82. The number of nitrogens with one attached hydrogen (secondary N) is 1. The fourth-order valence-electron chi connectivity index (χ4n) is 2.19. The van der Waals surface area contributed by atoms with Crippen LogP contribution in [0, 0.1) is 0 Å². The van der Waals surface area contributed by atoms with Gasteiger partial charge < -0.3 is 0 Å². The van der Waals surface area contributed by atoms with Crippen LogP contribution in [0.3, 0.4) is 0 Å². The van der Waals surface area contributed by atoms with E-state index >= 15 is 0 Å². The van der Waals surface area contributed by atoms with Crippen LogP contribution in [-0.2, 0) is 6.42 Å². The van der Waals surface area contributed by atoms with Crippen LogP contribution in [0.2, 0.25) is 0 Å². The van der Waals surface area contributed by atoms with Crippen molar-refractivity contribution in [3.05, 3.63) is 53.6 Å². The normalized spacial score (nSPS) is 12.1. The highest BCUT2D eigenvalue weighted by molar-refractivity contribution is 5.79. The molecular weight excluding hydrogens is 186 g/mol. The Balaban J connectivity index is 2.22. The van der Waals surface area contributed by atoms with Crippen molar-refractivity contribution in [2.75, 3.05) is 5.48 Å². The van der Waals surface area contributed by atoms with E-state index in [1.807, 2.05) is 18.2 Å². The van der Waals surface area contributed by atoms with Crippen LogP contribution >= 0.6 is 0 Å². The Kier molecular flexibility index (Phi) is 1.76. The van der Waals surface area contributed by atoms with E-state index in [1.54, 1.807) is 0 Å². The Bertz CT molecular complexity index is 520. The van der Waals surface area contributed by atoms with Crippen molar-refractivity contribution >= 4 is 5.69 Å². The van der Waals surface area contributed by atoms with E-state index in [1.165, 1.54) is 22.3 Å². The molecule has 0 aromatic heterocycles. The van der Waals surface area contributed by atoms with Gasteiger partial charge in [0, 0.05) is 0 Å². The van der Waals surface area contributed by atoms with Crippen LogP contribution in [0.15, 0.2) is 42.5 Å². The molecule has 0 atom stereocenters. The third-order valence-corrected chi connectivity index (χ3v) is 2.93. The van der Waals surface area contributed by atoms with Crippen molar-refractivity contribution in [2.24, 2.45) is 0 Å². The molecule has 0 bridgehead atoms. The van der Waals surface area contributed by atoms with E-state index in [2.05, 4.69) is 29.7 Å². The molecule has 3 rings (SSSR count). The van der Waals surface area contributed by atoms with E-state index in [9.17, 15) is 0 Å². The molecule has 74 valence electrons. The van der Waals surface area contributed by atoms with Crippen LogP contribution < -0.4 is 5.48 Å². The van der Waals surface area contributed by atoms with Gasteiger partial charge >= 0.3 is 0 Å². The summed E-state index contributed by atoms with van der Waals surface area (Å²) in [7, 11) is 0. The SMILES string of the molecule is ONc1ccc2c(c1)-c1ccccc1C2. The van der Waals surface area contributed by atoms with Gasteiger partial charge in [0.15, 0.2) is 0 Å². The zero-order chi connectivity index (χ0) is 10.3. The summed E-state index contributed by atoms with van der Waals surface area (Å²) in [4.78, 5) is 0. The van der Waals surface area contributed by atoms with Crippen molar-refractivity contribution in [1.29, 1.82) is 0 Å². The maximum atomic E-state index is 8.87. The summed E-state index contributed by atoms with van der Waals surface area (Å²) in [6.07, 6.45) is 0.997. The van der Waals surface area contributed by atoms with Crippen molar-refractivity contribution in [2.45, 2.75) is 6.42 Å². The number of rotatable bonds is 1. The minimum atomic E-state index is 0.741. The molecular formula is C13H11NO. The Morgan fingerprint density at radius 3 is 2.60 bits per heavy atom. The Morgan fingerprint density at radius 2 is 1.73 bits per heavy atom. The molecule has 0 unspecified atom stereocenters. The van der Waals surface area contributed by atoms with Crippen LogP contribution in [0.5, 0.6) is 0 Å². The molecule has 2 aromatic rings. The molecule has 0 heterocycles. The van der Waals surface area contributed by atoms with Crippen LogP contribution in [0.25, 0.3) is 11.1 Å². The summed E-state index contributed by atoms with van der Waals surface area (Å²) in [5, 5.41) is 8.87. The summed E-state index contributed by atoms with van der Waals surface area (Å²) in [6.45, 7) is 0.